The third-order valence-corrected chi connectivity index (χ3v) is 4.43. The van der Waals surface area contributed by atoms with Gasteiger partial charge in [-0.15, -0.1) is 0 Å². The average Bonchev–Trinajstić information content (AvgIpc) is 2.29. The van der Waals surface area contributed by atoms with E-state index >= 15 is 0 Å². The molecule has 0 saturated carbocycles. The van der Waals surface area contributed by atoms with Gasteiger partial charge in [0.2, 0.25) is 0 Å². The number of benzene rings is 1. The summed E-state index contributed by atoms with van der Waals surface area (Å²) in [5, 5.41) is 8.66. The first-order valence-corrected chi connectivity index (χ1v) is 7.54. The molecule has 0 aliphatic heterocycles. The van der Waals surface area contributed by atoms with E-state index in [0.29, 0.717) is 11.7 Å². The molecular formula is C14H20O3S. The summed E-state index contributed by atoms with van der Waals surface area (Å²) in [7, 11) is -0.983. The van der Waals surface area contributed by atoms with Crippen molar-refractivity contribution in [1.29, 1.82) is 0 Å². The van der Waals surface area contributed by atoms with E-state index in [9.17, 15) is 9.00 Å². The van der Waals surface area contributed by atoms with Gasteiger partial charge < -0.3 is 5.11 Å². The fraction of sp³-hybridized carbons (Fsp3) is 0.500. The molecule has 0 aliphatic carbocycles. The van der Waals surface area contributed by atoms with Gasteiger partial charge in [0.05, 0.1) is 17.2 Å². The Balaban J connectivity index is 2.61. The summed E-state index contributed by atoms with van der Waals surface area (Å²) >= 11 is 0. The Morgan fingerprint density at radius 3 is 2.44 bits per heavy atom. The molecule has 18 heavy (non-hydrogen) atoms. The van der Waals surface area contributed by atoms with Crippen molar-refractivity contribution in [2.45, 2.75) is 38.0 Å². The molecule has 0 saturated heterocycles. The van der Waals surface area contributed by atoms with Gasteiger partial charge in [-0.2, -0.15) is 0 Å². The van der Waals surface area contributed by atoms with Gasteiger partial charge in [0.25, 0.3) is 0 Å². The lowest BCUT2D eigenvalue weighted by Crippen LogP contribution is -2.08. The monoisotopic (exact) mass is 268 g/mol. The van der Waals surface area contributed by atoms with Crippen LogP contribution < -0.4 is 0 Å². The van der Waals surface area contributed by atoms with Crippen molar-refractivity contribution in [3.63, 3.8) is 0 Å². The molecule has 0 radical (unpaired) electrons. The maximum Gasteiger partial charge on any atom is 0.307 e. The van der Waals surface area contributed by atoms with Gasteiger partial charge in [-0.25, -0.2) is 0 Å². The van der Waals surface area contributed by atoms with Gasteiger partial charge in [-0.05, 0) is 23.6 Å². The highest BCUT2D eigenvalue weighted by molar-refractivity contribution is 7.85. The number of hydrogen-bond donors (Lipinski definition) is 1. The van der Waals surface area contributed by atoms with Crippen molar-refractivity contribution < 1.29 is 14.1 Å². The molecule has 0 aliphatic rings. The molecule has 1 aromatic rings. The van der Waals surface area contributed by atoms with E-state index in [1.807, 2.05) is 0 Å². The summed E-state index contributed by atoms with van der Waals surface area (Å²) in [6.07, 6.45) is 2.21. The van der Waals surface area contributed by atoms with E-state index in [1.54, 1.807) is 24.3 Å². The van der Waals surface area contributed by atoms with Crippen LogP contribution in [0.4, 0.5) is 0 Å². The summed E-state index contributed by atoms with van der Waals surface area (Å²) < 4.78 is 12.1. The van der Waals surface area contributed by atoms with Crippen LogP contribution in [0, 0.1) is 5.92 Å². The van der Waals surface area contributed by atoms with Gasteiger partial charge in [-0.3, -0.25) is 9.00 Å². The largest absolute Gasteiger partial charge is 0.481 e. The first-order valence-electron chi connectivity index (χ1n) is 6.22. The lowest BCUT2D eigenvalue weighted by molar-refractivity contribution is -0.136. The third-order valence-electron chi connectivity index (χ3n) is 2.76. The molecular weight excluding hydrogens is 248 g/mol. The molecule has 0 amide bonds. The minimum atomic E-state index is -0.983. The van der Waals surface area contributed by atoms with Crippen molar-refractivity contribution in [3.05, 3.63) is 29.8 Å². The Bertz CT molecular complexity index is 412. The zero-order chi connectivity index (χ0) is 13.5. The normalized spacial score (nSPS) is 14.1. The minimum Gasteiger partial charge on any atom is -0.481 e. The second-order valence-electron chi connectivity index (χ2n) is 4.62. The highest BCUT2D eigenvalue weighted by Gasteiger charge is 2.09. The molecule has 1 aromatic carbocycles. The Morgan fingerprint density at radius 1 is 1.33 bits per heavy atom. The number of carboxylic acid groups (broad SMARTS) is 1. The fourth-order valence-electron chi connectivity index (χ4n) is 1.86. The van der Waals surface area contributed by atoms with Crippen LogP contribution in [-0.4, -0.2) is 21.0 Å². The third kappa shape index (κ3) is 5.00. The van der Waals surface area contributed by atoms with Crippen molar-refractivity contribution >= 4 is 16.8 Å². The topological polar surface area (TPSA) is 54.4 Å². The standard InChI is InChI=1S/C14H20O3S/c1-3-4-11(2)10-18(17)13-7-5-12(6-8-13)9-14(15)16/h5-8,11H,3-4,9-10H2,1-2H3,(H,15,16). The summed E-state index contributed by atoms with van der Waals surface area (Å²) in [5.41, 5.74) is 0.741. The fourth-order valence-corrected chi connectivity index (χ4v) is 3.18. The van der Waals surface area contributed by atoms with Crippen molar-refractivity contribution in [2.75, 3.05) is 5.75 Å². The first-order chi connectivity index (χ1) is 8.52. The number of carboxylic acids is 1. The molecule has 2 atom stereocenters. The van der Waals surface area contributed by atoms with Crippen molar-refractivity contribution in [1.82, 2.24) is 0 Å². The van der Waals surface area contributed by atoms with Gasteiger partial charge in [0, 0.05) is 10.6 Å². The van der Waals surface area contributed by atoms with Gasteiger partial charge in [0.15, 0.2) is 0 Å². The second-order valence-corrected chi connectivity index (χ2v) is 6.12. The number of hydrogen-bond acceptors (Lipinski definition) is 2. The van der Waals surface area contributed by atoms with Crippen LogP contribution in [0.3, 0.4) is 0 Å². The predicted molar refractivity (Wildman–Crippen MR) is 73.1 cm³/mol. The quantitative estimate of drug-likeness (QED) is 0.827. The molecule has 1 N–H and O–H groups in total. The molecule has 0 heterocycles. The molecule has 3 nitrogen and oxygen atoms in total. The van der Waals surface area contributed by atoms with Crippen molar-refractivity contribution in [2.24, 2.45) is 5.92 Å². The molecule has 100 valence electrons. The summed E-state index contributed by atoms with van der Waals surface area (Å²) in [6, 6.07) is 7.03. The maximum absolute atomic E-state index is 12.1. The molecule has 0 aromatic heterocycles. The van der Waals surface area contributed by atoms with Gasteiger partial charge in [-0.1, -0.05) is 38.8 Å². The van der Waals surface area contributed by atoms with E-state index in [0.717, 1.165) is 23.3 Å². The average molecular weight is 268 g/mol. The van der Waals surface area contributed by atoms with Crippen LogP contribution in [0.15, 0.2) is 29.2 Å². The van der Waals surface area contributed by atoms with Crippen LogP contribution in [0.1, 0.15) is 32.3 Å². The summed E-state index contributed by atoms with van der Waals surface area (Å²) in [5.74, 6) is 0.279. The van der Waals surface area contributed by atoms with Gasteiger partial charge in [0.1, 0.15) is 0 Å². The van der Waals surface area contributed by atoms with Gasteiger partial charge >= 0.3 is 5.97 Å². The minimum absolute atomic E-state index is 0.0130. The molecule has 0 fully saturated rings. The zero-order valence-electron chi connectivity index (χ0n) is 10.9. The van der Waals surface area contributed by atoms with E-state index in [2.05, 4.69) is 13.8 Å². The van der Waals surface area contributed by atoms with E-state index in [4.69, 9.17) is 5.11 Å². The number of carbonyl (C=O) groups is 1. The molecule has 2 unspecified atom stereocenters. The van der Waals surface area contributed by atoms with Crippen LogP contribution >= 0.6 is 0 Å². The summed E-state index contributed by atoms with van der Waals surface area (Å²) in [6.45, 7) is 4.24. The Morgan fingerprint density at radius 2 is 1.94 bits per heavy atom. The van der Waals surface area contributed by atoms with Crippen LogP contribution in [-0.2, 0) is 22.0 Å². The second kappa shape index (κ2) is 7.31. The molecule has 1 rings (SSSR count). The van der Waals surface area contributed by atoms with Crippen LogP contribution in [0.5, 0.6) is 0 Å². The van der Waals surface area contributed by atoms with E-state index < -0.39 is 16.8 Å². The molecule has 4 heteroatoms. The molecule has 0 bridgehead atoms. The highest BCUT2D eigenvalue weighted by Crippen LogP contribution is 2.14. The SMILES string of the molecule is CCCC(C)CS(=O)c1ccc(CC(=O)O)cc1. The van der Waals surface area contributed by atoms with Crippen LogP contribution in [0.25, 0.3) is 0 Å². The zero-order valence-corrected chi connectivity index (χ0v) is 11.7. The van der Waals surface area contributed by atoms with Crippen LogP contribution in [0.2, 0.25) is 0 Å². The Kier molecular flexibility index (Phi) is 6.05. The number of aliphatic carboxylic acids is 1. The molecule has 0 spiro atoms. The Hall–Kier alpha value is -1.16. The maximum atomic E-state index is 12.1. The van der Waals surface area contributed by atoms with E-state index in [1.165, 1.54) is 0 Å². The lowest BCUT2D eigenvalue weighted by Gasteiger charge is -2.09. The highest BCUT2D eigenvalue weighted by atomic mass is 32.2. The Labute approximate surface area is 111 Å². The smallest absolute Gasteiger partial charge is 0.307 e. The van der Waals surface area contributed by atoms with Crippen molar-refractivity contribution in [3.8, 4) is 0 Å². The first kappa shape index (κ1) is 14.9. The van der Waals surface area contributed by atoms with E-state index in [-0.39, 0.29) is 6.42 Å². The lowest BCUT2D eigenvalue weighted by atomic mass is 10.1. The number of rotatable bonds is 7. The predicted octanol–water partition coefficient (Wildman–Crippen LogP) is 2.86. The summed E-state index contributed by atoms with van der Waals surface area (Å²) in [4.78, 5) is 11.3.